The Bertz CT molecular complexity index is 497. The molecule has 0 saturated carbocycles. The summed E-state index contributed by atoms with van der Waals surface area (Å²) < 4.78 is 5.28. The molecule has 1 aromatic carbocycles. The molecule has 2 atom stereocenters. The molecule has 0 aliphatic carbocycles. The van der Waals surface area contributed by atoms with Crippen molar-refractivity contribution in [1.29, 1.82) is 0 Å². The molecule has 0 bridgehead atoms. The third-order valence-corrected chi connectivity index (χ3v) is 4.13. The summed E-state index contributed by atoms with van der Waals surface area (Å²) in [4.78, 5) is 14.4. The Morgan fingerprint density at radius 2 is 2.24 bits per heavy atom. The molecule has 1 aliphatic heterocycles. The predicted molar refractivity (Wildman–Crippen MR) is 87.3 cm³/mol. The number of likely N-dealkylation sites (tertiary alicyclic amines) is 1. The minimum absolute atomic E-state index is 0. The summed E-state index contributed by atoms with van der Waals surface area (Å²) in [6.45, 7) is 3.46. The standard InChI is InChI=1S/C15H21ClN2O2.ClH/c1-10-5-11(8-17)9-18(10)15(19)7-12-6-13(16)3-4-14(12)20-2;/h3-4,6,10-11H,5,7-9,17H2,1-2H3;1H. The Labute approximate surface area is 137 Å². The molecule has 2 rings (SSSR count). The Kier molecular flexibility index (Phi) is 6.78. The van der Waals surface area contributed by atoms with E-state index in [0.29, 0.717) is 29.7 Å². The lowest BCUT2D eigenvalue weighted by atomic mass is 10.1. The van der Waals surface area contributed by atoms with Crippen molar-refractivity contribution < 1.29 is 9.53 Å². The van der Waals surface area contributed by atoms with Gasteiger partial charge in [0.1, 0.15) is 5.75 Å². The predicted octanol–water partition coefficient (Wildman–Crippen LogP) is 2.51. The molecule has 2 N–H and O–H groups in total. The molecule has 1 saturated heterocycles. The maximum Gasteiger partial charge on any atom is 0.227 e. The van der Waals surface area contributed by atoms with Crippen molar-refractivity contribution in [1.82, 2.24) is 4.90 Å². The van der Waals surface area contributed by atoms with Crippen molar-refractivity contribution in [3.05, 3.63) is 28.8 Å². The second-order valence-corrected chi connectivity index (χ2v) is 5.80. The number of amides is 1. The largest absolute Gasteiger partial charge is 0.496 e. The molecule has 1 fully saturated rings. The Morgan fingerprint density at radius 1 is 1.52 bits per heavy atom. The summed E-state index contributed by atoms with van der Waals surface area (Å²) in [6.07, 6.45) is 1.29. The highest BCUT2D eigenvalue weighted by atomic mass is 35.5. The summed E-state index contributed by atoms with van der Waals surface area (Å²) >= 11 is 5.99. The van der Waals surface area contributed by atoms with Crippen LogP contribution >= 0.6 is 24.0 Å². The summed E-state index contributed by atoms with van der Waals surface area (Å²) in [7, 11) is 1.60. The van der Waals surface area contributed by atoms with E-state index in [9.17, 15) is 4.79 Å². The van der Waals surface area contributed by atoms with Crippen LogP contribution < -0.4 is 10.5 Å². The number of carbonyl (C=O) groups is 1. The number of nitrogens with two attached hydrogens (primary N) is 1. The number of rotatable bonds is 4. The topological polar surface area (TPSA) is 55.6 Å². The average molecular weight is 333 g/mol. The third-order valence-electron chi connectivity index (χ3n) is 3.90. The molecule has 1 aromatic rings. The van der Waals surface area contributed by atoms with Crippen LogP contribution in [0.5, 0.6) is 5.75 Å². The van der Waals surface area contributed by atoms with Crippen LogP contribution in [0.2, 0.25) is 5.02 Å². The van der Waals surface area contributed by atoms with Crippen molar-refractivity contribution in [3.63, 3.8) is 0 Å². The lowest BCUT2D eigenvalue weighted by Crippen LogP contribution is -2.35. The Morgan fingerprint density at radius 3 is 2.81 bits per heavy atom. The Balaban J connectivity index is 0.00000220. The van der Waals surface area contributed by atoms with Gasteiger partial charge in [0.05, 0.1) is 13.5 Å². The van der Waals surface area contributed by atoms with Crippen molar-refractivity contribution >= 4 is 29.9 Å². The highest BCUT2D eigenvalue weighted by Gasteiger charge is 2.31. The zero-order valence-electron chi connectivity index (χ0n) is 12.3. The minimum Gasteiger partial charge on any atom is -0.496 e. The van der Waals surface area contributed by atoms with E-state index >= 15 is 0 Å². The SMILES string of the molecule is COc1ccc(Cl)cc1CC(=O)N1CC(CN)CC1C.Cl. The third kappa shape index (κ3) is 4.25. The van der Waals surface area contributed by atoms with Crippen LogP contribution in [0, 0.1) is 5.92 Å². The number of methoxy groups -OCH3 is 1. The molecule has 4 nitrogen and oxygen atoms in total. The van der Waals surface area contributed by atoms with Gasteiger partial charge in [-0.05, 0) is 44.0 Å². The maximum atomic E-state index is 12.5. The van der Waals surface area contributed by atoms with Gasteiger partial charge in [-0.3, -0.25) is 4.79 Å². The fourth-order valence-electron chi connectivity index (χ4n) is 2.81. The molecule has 2 unspecified atom stereocenters. The summed E-state index contributed by atoms with van der Waals surface area (Å²) in [5.41, 5.74) is 6.53. The number of nitrogens with zero attached hydrogens (tertiary/aromatic N) is 1. The van der Waals surface area contributed by atoms with Gasteiger partial charge in [0.15, 0.2) is 0 Å². The van der Waals surface area contributed by atoms with E-state index in [2.05, 4.69) is 6.92 Å². The van der Waals surface area contributed by atoms with Gasteiger partial charge in [-0.15, -0.1) is 12.4 Å². The van der Waals surface area contributed by atoms with Crippen molar-refractivity contribution in [2.24, 2.45) is 11.7 Å². The first-order valence-electron chi connectivity index (χ1n) is 6.87. The molecule has 21 heavy (non-hydrogen) atoms. The van der Waals surface area contributed by atoms with E-state index in [0.717, 1.165) is 18.5 Å². The van der Waals surface area contributed by atoms with Gasteiger partial charge < -0.3 is 15.4 Å². The van der Waals surface area contributed by atoms with Gasteiger partial charge in [-0.25, -0.2) is 0 Å². The zero-order valence-corrected chi connectivity index (χ0v) is 13.9. The normalized spacial score (nSPS) is 21.0. The molecule has 0 radical (unpaired) electrons. The van der Waals surface area contributed by atoms with Crippen LogP contribution in [0.25, 0.3) is 0 Å². The smallest absolute Gasteiger partial charge is 0.227 e. The van der Waals surface area contributed by atoms with E-state index in [1.807, 2.05) is 4.90 Å². The van der Waals surface area contributed by atoms with Crippen LogP contribution in [0.3, 0.4) is 0 Å². The van der Waals surface area contributed by atoms with Crippen LogP contribution in [0.1, 0.15) is 18.9 Å². The molecule has 1 heterocycles. The summed E-state index contributed by atoms with van der Waals surface area (Å²) in [6, 6.07) is 5.60. The maximum absolute atomic E-state index is 12.5. The first-order valence-corrected chi connectivity index (χ1v) is 7.25. The number of halogens is 2. The zero-order chi connectivity index (χ0) is 14.7. The van der Waals surface area contributed by atoms with Crippen LogP contribution in [0.4, 0.5) is 0 Å². The molecular weight excluding hydrogens is 311 g/mol. The number of hydrogen-bond acceptors (Lipinski definition) is 3. The molecular formula is C15H22Cl2N2O2. The first kappa shape index (κ1) is 18.1. The summed E-state index contributed by atoms with van der Waals surface area (Å²) in [5, 5.41) is 0.614. The number of carbonyl (C=O) groups excluding carboxylic acids is 1. The van der Waals surface area contributed by atoms with Crippen LogP contribution in [0.15, 0.2) is 18.2 Å². The van der Waals surface area contributed by atoms with Gasteiger partial charge in [-0.1, -0.05) is 11.6 Å². The van der Waals surface area contributed by atoms with E-state index in [4.69, 9.17) is 22.1 Å². The number of hydrogen-bond donors (Lipinski definition) is 1. The van der Waals surface area contributed by atoms with Crippen molar-refractivity contribution in [2.75, 3.05) is 20.2 Å². The highest BCUT2D eigenvalue weighted by Crippen LogP contribution is 2.26. The van der Waals surface area contributed by atoms with E-state index < -0.39 is 0 Å². The van der Waals surface area contributed by atoms with Crippen molar-refractivity contribution in [2.45, 2.75) is 25.8 Å². The molecule has 0 spiro atoms. The molecule has 1 aliphatic rings. The van der Waals surface area contributed by atoms with E-state index in [-0.39, 0.29) is 24.4 Å². The fraction of sp³-hybridized carbons (Fsp3) is 0.533. The second kappa shape index (κ2) is 7.87. The quantitative estimate of drug-likeness (QED) is 0.921. The molecule has 118 valence electrons. The van der Waals surface area contributed by atoms with E-state index in [1.165, 1.54) is 0 Å². The van der Waals surface area contributed by atoms with Crippen LogP contribution in [-0.2, 0) is 11.2 Å². The molecule has 1 amide bonds. The van der Waals surface area contributed by atoms with Gasteiger partial charge in [0, 0.05) is 23.2 Å². The number of ether oxygens (including phenoxy) is 1. The average Bonchev–Trinajstić information content (AvgIpc) is 2.80. The van der Waals surface area contributed by atoms with Crippen molar-refractivity contribution in [3.8, 4) is 5.75 Å². The lowest BCUT2D eigenvalue weighted by molar-refractivity contribution is -0.131. The van der Waals surface area contributed by atoms with E-state index in [1.54, 1.807) is 25.3 Å². The fourth-order valence-corrected chi connectivity index (χ4v) is 3.01. The molecule has 0 aromatic heterocycles. The lowest BCUT2D eigenvalue weighted by Gasteiger charge is -2.22. The molecule has 6 heteroatoms. The summed E-state index contributed by atoms with van der Waals surface area (Å²) in [5.74, 6) is 1.22. The monoisotopic (exact) mass is 332 g/mol. The Hall–Kier alpha value is -0.970. The van der Waals surface area contributed by atoms with Gasteiger partial charge in [0.2, 0.25) is 5.91 Å². The minimum atomic E-state index is 0. The number of benzene rings is 1. The van der Waals surface area contributed by atoms with Gasteiger partial charge >= 0.3 is 0 Å². The first-order chi connectivity index (χ1) is 9.55. The van der Waals surface area contributed by atoms with Crippen LogP contribution in [-0.4, -0.2) is 37.0 Å². The second-order valence-electron chi connectivity index (χ2n) is 5.37. The van der Waals surface area contributed by atoms with Gasteiger partial charge in [0.25, 0.3) is 0 Å². The van der Waals surface area contributed by atoms with Gasteiger partial charge in [-0.2, -0.15) is 0 Å². The highest BCUT2D eigenvalue weighted by molar-refractivity contribution is 6.30.